The zero-order valence-corrected chi connectivity index (χ0v) is 13.7. The van der Waals surface area contributed by atoms with Crippen molar-refractivity contribution < 1.29 is 14.7 Å². The number of carbonyl (C=O) groups is 2. The molecule has 1 aliphatic rings. The third kappa shape index (κ3) is 4.90. The second-order valence-corrected chi connectivity index (χ2v) is 6.05. The number of carbonyl (C=O) groups excluding carboxylic acids is 1. The number of carboxylic acids is 1. The molecule has 5 nitrogen and oxygen atoms in total. The Labute approximate surface area is 128 Å². The monoisotopic (exact) mass is 298 g/mol. The van der Waals surface area contributed by atoms with Crippen LogP contribution in [-0.2, 0) is 4.79 Å². The van der Waals surface area contributed by atoms with Gasteiger partial charge in [-0.15, -0.1) is 0 Å². The van der Waals surface area contributed by atoms with Gasteiger partial charge in [0.25, 0.3) is 0 Å². The van der Waals surface area contributed by atoms with E-state index in [9.17, 15) is 9.59 Å². The minimum absolute atomic E-state index is 0.0179. The molecule has 21 heavy (non-hydrogen) atoms. The summed E-state index contributed by atoms with van der Waals surface area (Å²) >= 11 is 0. The zero-order chi connectivity index (χ0) is 15.9. The number of nitrogens with zero attached hydrogens (tertiary/aromatic N) is 1. The third-order valence-electron chi connectivity index (χ3n) is 4.98. The van der Waals surface area contributed by atoms with E-state index >= 15 is 0 Å². The first-order valence-electron chi connectivity index (χ1n) is 8.28. The fraction of sp³-hybridized carbons (Fsp3) is 0.875. The minimum Gasteiger partial charge on any atom is -0.481 e. The van der Waals surface area contributed by atoms with E-state index in [1.807, 2.05) is 4.90 Å². The van der Waals surface area contributed by atoms with E-state index in [0.29, 0.717) is 6.42 Å². The van der Waals surface area contributed by atoms with E-state index in [0.717, 1.165) is 45.1 Å². The summed E-state index contributed by atoms with van der Waals surface area (Å²) < 4.78 is 0. The number of carboxylic acid groups (broad SMARTS) is 1. The van der Waals surface area contributed by atoms with Crippen molar-refractivity contribution in [2.75, 3.05) is 6.54 Å². The van der Waals surface area contributed by atoms with Crippen LogP contribution in [-0.4, -0.2) is 40.1 Å². The van der Waals surface area contributed by atoms with Crippen molar-refractivity contribution in [3.05, 3.63) is 0 Å². The standard InChI is InChI=1S/C16H30N2O3/c1-4-16(5-2,6-3)17-15(21)18-12-8-7-9-13(18)10-11-14(19)20/h13H,4-12H2,1-3H3,(H,17,21)(H,19,20). The molecule has 122 valence electrons. The Balaban J connectivity index is 2.69. The first kappa shape index (κ1) is 17.8. The van der Waals surface area contributed by atoms with Crippen LogP contribution in [0.1, 0.15) is 72.1 Å². The van der Waals surface area contributed by atoms with Crippen LogP contribution in [0.25, 0.3) is 0 Å². The van der Waals surface area contributed by atoms with Crippen LogP contribution < -0.4 is 5.32 Å². The lowest BCUT2D eigenvalue weighted by Crippen LogP contribution is -2.56. The fourth-order valence-corrected chi connectivity index (χ4v) is 3.17. The Hall–Kier alpha value is -1.26. The number of aliphatic carboxylic acids is 1. The Morgan fingerprint density at radius 3 is 2.33 bits per heavy atom. The van der Waals surface area contributed by atoms with Gasteiger partial charge in [-0.25, -0.2) is 4.79 Å². The molecule has 1 aliphatic heterocycles. The maximum Gasteiger partial charge on any atom is 0.318 e. The molecule has 1 saturated heterocycles. The zero-order valence-electron chi connectivity index (χ0n) is 13.7. The Morgan fingerprint density at radius 1 is 1.19 bits per heavy atom. The molecule has 2 amide bonds. The van der Waals surface area contributed by atoms with E-state index in [1.165, 1.54) is 0 Å². The number of nitrogens with one attached hydrogen (secondary N) is 1. The molecule has 0 aromatic carbocycles. The number of hydrogen-bond donors (Lipinski definition) is 2. The van der Waals surface area contributed by atoms with Crippen LogP contribution in [0, 0.1) is 0 Å². The molecule has 1 fully saturated rings. The summed E-state index contributed by atoms with van der Waals surface area (Å²) in [6, 6.07) is 0.0498. The molecule has 0 spiro atoms. The van der Waals surface area contributed by atoms with Crippen LogP contribution >= 0.6 is 0 Å². The van der Waals surface area contributed by atoms with Crippen LogP contribution in [0.4, 0.5) is 4.79 Å². The Kier molecular flexibility index (Phi) is 6.99. The molecule has 5 heteroatoms. The Morgan fingerprint density at radius 2 is 1.81 bits per heavy atom. The molecule has 1 heterocycles. The molecule has 0 bridgehead atoms. The van der Waals surface area contributed by atoms with Crippen LogP contribution in [0.2, 0.25) is 0 Å². The second-order valence-electron chi connectivity index (χ2n) is 6.05. The summed E-state index contributed by atoms with van der Waals surface area (Å²) in [5.41, 5.74) is -0.133. The normalized spacial score (nSPS) is 19.4. The number of likely N-dealkylation sites (tertiary alicyclic amines) is 1. The van der Waals surface area contributed by atoms with Gasteiger partial charge in [0.05, 0.1) is 0 Å². The maximum atomic E-state index is 12.6. The summed E-state index contributed by atoms with van der Waals surface area (Å²) in [5, 5.41) is 12.1. The Bertz CT molecular complexity index is 345. The molecule has 1 rings (SSSR count). The van der Waals surface area contributed by atoms with Gasteiger partial charge in [0.2, 0.25) is 0 Å². The SMILES string of the molecule is CCC(CC)(CC)NC(=O)N1CCCCC1CCC(=O)O. The molecule has 0 aromatic rings. The number of hydrogen-bond acceptors (Lipinski definition) is 2. The number of amides is 2. The summed E-state index contributed by atoms with van der Waals surface area (Å²) in [7, 11) is 0. The van der Waals surface area contributed by atoms with Gasteiger partial charge in [0.15, 0.2) is 0 Å². The highest BCUT2D eigenvalue weighted by Gasteiger charge is 2.32. The van der Waals surface area contributed by atoms with E-state index in [4.69, 9.17) is 5.11 Å². The lowest BCUT2D eigenvalue weighted by atomic mass is 9.90. The highest BCUT2D eigenvalue weighted by atomic mass is 16.4. The fourth-order valence-electron chi connectivity index (χ4n) is 3.17. The van der Waals surface area contributed by atoms with Crippen LogP contribution in [0.5, 0.6) is 0 Å². The molecular weight excluding hydrogens is 268 g/mol. The lowest BCUT2D eigenvalue weighted by molar-refractivity contribution is -0.137. The van der Waals surface area contributed by atoms with Crippen molar-refractivity contribution in [2.24, 2.45) is 0 Å². The van der Waals surface area contributed by atoms with Crippen molar-refractivity contribution in [2.45, 2.75) is 83.7 Å². The van der Waals surface area contributed by atoms with E-state index < -0.39 is 5.97 Å². The summed E-state index contributed by atoms with van der Waals surface area (Å²) in [6.45, 7) is 7.05. The van der Waals surface area contributed by atoms with Crippen molar-refractivity contribution in [1.82, 2.24) is 10.2 Å². The molecule has 1 unspecified atom stereocenters. The minimum atomic E-state index is -0.786. The predicted octanol–water partition coefficient (Wildman–Crippen LogP) is 3.38. The van der Waals surface area contributed by atoms with Crippen molar-refractivity contribution in [1.29, 1.82) is 0 Å². The van der Waals surface area contributed by atoms with Gasteiger partial charge in [-0.1, -0.05) is 20.8 Å². The van der Waals surface area contributed by atoms with Crippen LogP contribution in [0.15, 0.2) is 0 Å². The molecule has 2 N–H and O–H groups in total. The summed E-state index contributed by atoms with van der Waals surface area (Å²) in [5.74, 6) is -0.786. The molecule has 0 radical (unpaired) electrons. The van der Waals surface area contributed by atoms with Gasteiger partial charge >= 0.3 is 12.0 Å². The van der Waals surface area contributed by atoms with Gasteiger partial charge in [-0.3, -0.25) is 4.79 Å². The van der Waals surface area contributed by atoms with Crippen molar-refractivity contribution in [3.8, 4) is 0 Å². The van der Waals surface area contributed by atoms with Gasteiger partial charge in [0.1, 0.15) is 0 Å². The number of urea groups is 1. The maximum absolute atomic E-state index is 12.6. The first-order valence-corrected chi connectivity index (χ1v) is 8.28. The number of rotatable bonds is 7. The first-order chi connectivity index (χ1) is 9.98. The van der Waals surface area contributed by atoms with E-state index in [1.54, 1.807) is 0 Å². The second kappa shape index (κ2) is 8.25. The molecular formula is C16H30N2O3. The van der Waals surface area contributed by atoms with Gasteiger partial charge < -0.3 is 15.3 Å². The van der Waals surface area contributed by atoms with Gasteiger partial charge in [-0.05, 0) is 44.9 Å². The van der Waals surface area contributed by atoms with Crippen molar-refractivity contribution >= 4 is 12.0 Å². The lowest BCUT2D eigenvalue weighted by Gasteiger charge is -2.40. The van der Waals surface area contributed by atoms with E-state index in [-0.39, 0.29) is 24.0 Å². The largest absolute Gasteiger partial charge is 0.481 e. The molecule has 0 saturated carbocycles. The van der Waals surface area contributed by atoms with E-state index in [2.05, 4.69) is 26.1 Å². The van der Waals surface area contributed by atoms with Crippen LogP contribution in [0.3, 0.4) is 0 Å². The van der Waals surface area contributed by atoms with Crippen molar-refractivity contribution in [3.63, 3.8) is 0 Å². The molecule has 0 aromatic heterocycles. The summed E-state index contributed by atoms with van der Waals surface area (Å²) in [4.78, 5) is 25.2. The van der Waals surface area contributed by atoms with Gasteiger partial charge in [0, 0.05) is 24.5 Å². The third-order valence-corrected chi connectivity index (χ3v) is 4.98. The smallest absolute Gasteiger partial charge is 0.318 e. The highest BCUT2D eigenvalue weighted by Crippen LogP contribution is 2.24. The summed E-state index contributed by atoms with van der Waals surface area (Å²) in [6.07, 6.45) is 6.44. The predicted molar refractivity (Wildman–Crippen MR) is 83.4 cm³/mol. The van der Waals surface area contributed by atoms with Gasteiger partial charge in [-0.2, -0.15) is 0 Å². The number of piperidine rings is 1. The average molecular weight is 298 g/mol. The highest BCUT2D eigenvalue weighted by molar-refractivity contribution is 5.75. The molecule has 0 aliphatic carbocycles. The quantitative estimate of drug-likeness (QED) is 0.757. The molecule has 1 atom stereocenters. The topological polar surface area (TPSA) is 69.6 Å². The average Bonchev–Trinajstić information content (AvgIpc) is 2.51.